The van der Waals surface area contributed by atoms with Gasteiger partial charge in [-0.05, 0) is 35.9 Å². The van der Waals surface area contributed by atoms with E-state index in [1.165, 1.54) is 21.4 Å². The van der Waals surface area contributed by atoms with Crippen LogP contribution in [-0.2, 0) is 20.8 Å². The van der Waals surface area contributed by atoms with E-state index in [2.05, 4.69) is 4.90 Å². The van der Waals surface area contributed by atoms with Crippen LogP contribution in [0.4, 0.5) is 10.2 Å². The molecule has 1 spiro atoms. The maximum absolute atomic E-state index is 13.6. The quantitative estimate of drug-likeness (QED) is 0.369. The lowest BCUT2D eigenvalue weighted by Crippen LogP contribution is -2.46. The van der Waals surface area contributed by atoms with E-state index in [0.29, 0.717) is 65.4 Å². The number of hydrogen-bond acceptors (Lipinski definition) is 8. The van der Waals surface area contributed by atoms with Crippen molar-refractivity contribution in [2.24, 2.45) is 0 Å². The molecule has 8 nitrogen and oxygen atoms in total. The molecule has 0 aliphatic carbocycles. The zero-order valence-electron chi connectivity index (χ0n) is 19.8. The summed E-state index contributed by atoms with van der Waals surface area (Å²) in [5, 5.41) is 0. The zero-order valence-corrected chi connectivity index (χ0v) is 21.4. The smallest absolute Gasteiger partial charge is 0.267 e. The van der Waals surface area contributed by atoms with Crippen LogP contribution in [0.2, 0.25) is 0 Å². The Morgan fingerprint density at radius 2 is 1.81 bits per heavy atom. The molecule has 0 N–H and O–H groups in total. The fourth-order valence-corrected chi connectivity index (χ4v) is 6.08. The molecule has 3 fully saturated rings. The minimum absolute atomic E-state index is 0.221. The Morgan fingerprint density at radius 1 is 1.08 bits per heavy atom. The minimum atomic E-state index is -0.564. The van der Waals surface area contributed by atoms with Crippen LogP contribution in [0.25, 0.3) is 11.7 Å². The number of piperidine rings is 1. The Hall–Kier alpha value is -3.12. The van der Waals surface area contributed by atoms with Crippen molar-refractivity contribution in [2.45, 2.75) is 25.2 Å². The van der Waals surface area contributed by atoms with Crippen molar-refractivity contribution in [1.29, 1.82) is 0 Å². The first-order valence-corrected chi connectivity index (χ1v) is 13.2. The van der Waals surface area contributed by atoms with E-state index in [-0.39, 0.29) is 23.8 Å². The standard InChI is InChI=1S/C26H23FN4O4S2/c27-18-6-4-17(5-7-18)16-31-24(33)20(37-25(31)36)15-19-22(28-21-3-1-2-10-30(21)23(19)32)29-11-8-26(9-12-29)34-13-14-35-26/h1-7,10,15H,8-9,11-14,16H2. The van der Waals surface area contributed by atoms with E-state index in [9.17, 15) is 14.0 Å². The number of halogens is 1. The van der Waals surface area contributed by atoms with E-state index in [4.69, 9.17) is 26.7 Å². The largest absolute Gasteiger partial charge is 0.355 e. The van der Waals surface area contributed by atoms with Gasteiger partial charge in [0.15, 0.2) is 5.79 Å². The molecular weight excluding hydrogens is 515 g/mol. The zero-order chi connectivity index (χ0) is 25.6. The van der Waals surface area contributed by atoms with Crippen molar-refractivity contribution in [3.63, 3.8) is 0 Å². The Bertz CT molecular complexity index is 1470. The third-order valence-corrected chi connectivity index (χ3v) is 8.17. The van der Waals surface area contributed by atoms with E-state index in [1.807, 2.05) is 6.07 Å². The summed E-state index contributed by atoms with van der Waals surface area (Å²) in [5.41, 5.74) is 1.34. The molecule has 1 aromatic carbocycles. The van der Waals surface area contributed by atoms with E-state index in [0.717, 1.165) is 17.3 Å². The van der Waals surface area contributed by atoms with Gasteiger partial charge in [-0.25, -0.2) is 9.37 Å². The van der Waals surface area contributed by atoms with Crippen LogP contribution in [-0.4, -0.2) is 56.6 Å². The van der Waals surface area contributed by atoms with Gasteiger partial charge in [0, 0.05) is 32.1 Å². The van der Waals surface area contributed by atoms with Crippen LogP contribution in [0.1, 0.15) is 24.0 Å². The fourth-order valence-electron chi connectivity index (χ4n) is 4.84. The molecule has 0 radical (unpaired) electrons. The summed E-state index contributed by atoms with van der Waals surface area (Å²) in [6.07, 6.45) is 4.57. The second-order valence-corrected chi connectivity index (χ2v) is 10.7. The first-order chi connectivity index (χ1) is 17.9. The number of pyridine rings is 1. The van der Waals surface area contributed by atoms with Crippen molar-refractivity contribution in [2.75, 3.05) is 31.2 Å². The Kier molecular flexibility index (Phi) is 6.31. The van der Waals surface area contributed by atoms with Crippen LogP contribution >= 0.6 is 24.0 Å². The van der Waals surface area contributed by atoms with Gasteiger partial charge in [-0.15, -0.1) is 0 Å². The van der Waals surface area contributed by atoms with Crippen LogP contribution in [0.15, 0.2) is 58.4 Å². The normalized spacial score (nSPS) is 20.6. The number of anilines is 1. The SMILES string of the molecule is O=C1C(=Cc2c(N3CCC4(CC3)OCCO4)nc3ccccn3c2=O)SC(=S)N1Cc1ccc(F)cc1. The van der Waals surface area contributed by atoms with Crippen molar-refractivity contribution >= 4 is 51.7 Å². The third kappa shape index (κ3) is 4.56. The predicted molar refractivity (Wildman–Crippen MR) is 143 cm³/mol. The lowest BCUT2D eigenvalue weighted by atomic mass is 10.0. The first kappa shape index (κ1) is 24.2. The van der Waals surface area contributed by atoms with Gasteiger partial charge in [0.2, 0.25) is 0 Å². The Balaban J connectivity index is 1.35. The molecule has 0 saturated carbocycles. The summed E-state index contributed by atoms with van der Waals surface area (Å²) in [4.78, 5) is 35.6. The van der Waals surface area contributed by atoms with Gasteiger partial charge in [-0.1, -0.05) is 42.2 Å². The van der Waals surface area contributed by atoms with Gasteiger partial charge in [0.25, 0.3) is 11.5 Å². The maximum Gasteiger partial charge on any atom is 0.267 e. The van der Waals surface area contributed by atoms with Gasteiger partial charge in [0.05, 0.1) is 30.2 Å². The molecule has 190 valence electrons. The molecule has 6 rings (SSSR count). The fraction of sp³-hybridized carbons (Fsp3) is 0.308. The van der Waals surface area contributed by atoms with E-state index < -0.39 is 5.79 Å². The number of aromatic nitrogens is 2. The van der Waals surface area contributed by atoms with Gasteiger partial charge in [-0.3, -0.25) is 18.9 Å². The second-order valence-electron chi connectivity index (χ2n) is 9.07. The first-order valence-electron chi connectivity index (χ1n) is 12.0. The number of amides is 1. The summed E-state index contributed by atoms with van der Waals surface area (Å²) < 4.78 is 26.9. The van der Waals surface area contributed by atoms with E-state index >= 15 is 0 Å². The second kappa shape index (κ2) is 9.64. The summed E-state index contributed by atoms with van der Waals surface area (Å²) in [7, 11) is 0. The monoisotopic (exact) mass is 538 g/mol. The number of nitrogens with zero attached hydrogens (tertiary/aromatic N) is 4. The van der Waals surface area contributed by atoms with Crippen LogP contribution < -0.4 is 10.5 Å². The molecule has 3 aliphatic rings. The number of carbonyl (C=O) groups excluding carboxylic acids is 1. The van der Waals surface area contributed by atoms with Crippen LogP contribution in [0.5, 0.6) is 0 Å². The highest BCUT2D eigenvalue weighted by Gasteiger charge is 2.41. The maximum atomic E-state index is 13.6. The molecule has 3 saturated heterocycles. The van der Waals surface area contributed by atoms with Gasteiger partial charge in [0.1, 0.15) is 21.6 Å². The molecule has 1 amide bonds. The van der Waals surface area contributed by atoms with Gasteiger partial charge in [-0.2, -0.15) is 0 Å². The summed E-state index contributed by atoms with van der Waals surface area (Å²) in [5.74, 6) is -0.688. The predicted octanol–water partition coefficient (Wildman–Crippen LogP) is 3.58. The molecule has 0 unspecified atom stereocenters. The van der Waals surface area contributed by atoms with E-state index in [1.54, 1.807) is 36.5 Å². The Morgan fingerprint density at radius 3 is 2.54 bits per heavy atom. The number of carbonyl (C=O) groups is 1. The molecule has 0 bridgehead atoms. The summed E-state index contributed by atoms with van der Waals surface area (Å²) >= 11 is 6.62. The Labute approximate surface area is 221 Å². The molecule has 0 atom stereocenters. The molecule has 37 heavy (non-hydrogen) atoms. The highest BCUT2D eigenvalue weighted by molar-refractivity contribution is 8.26. The number of fused-ring (bicyclic) bond motifs is 1. The average molecular weight is 539 g/mol. The number of rotatable bonds is 4. The molecular formula is C26H23FN4O4S2. The van der Waals surface area contributed by atoms with Crippen molar-refractivity contribution in [1.82, 2.24) is 14.3 Å². The summed E-state index contributed by atoms with van der Waals surface area (Å²) in [6, 6.07) is 11.3. The minimum Gasteiger partial charge on any atom is -0.355 e. The highest BCUT2D eigenvalue weighted by Crippen LogP contribution is 2.36. The number of thioether (sulfide) groups is 1. The van der Waals surface area contributed by atoms with Crippen molar-refractivity contribution in [3.8, 4) is 0 Å². The van der Waals surface area contributed by atoms with Gasteiger partial charge < -0.3 is 14.4 Å². The molecule has 2 aromatic heterocycles. The third-order valence-electron chi connectivity index (χ3n) is 6.79. The number of benzene rings is 1. The number of thiocarbonyl (C=S) groups is 1. The molecule has 11 heteroatoms. The van der Waals surface area contributed by atoms with Crippen LogP contribution in [0, 0.1) is 5.82 Å². The van der Waals surface area contributed by atoms with Crippen molar-refractivity contribution in [3.05, 3.63) is 80.9 Å². The lowest BCUT2D eigenvalue weighted by Gasteiger charge is -2.38. The lowest BCUT2D eigenvalue weighted by molar-refractivity contribution is -0.169. The molecule has 3 aliphatic heterocycles. The highest BCUT2D eigenvalue weighted by atomic mass is 32.2. The van der Waals surface area contributed by atoms with Crippen molar-refractivity contribution < 1.29 is 18.7 Å². The number of hydrogen-bond donors (Lipinski definition) is 0. The van der Waals surface area contributed by atoms with Crippen LogP contribution in [0.3, 0.4) is 0 Å². The topological polar surface area (TPSA) is 76.4 Å². The average Bonchev–Trinajstić information content (AvgIpc) is 3.47. The molecule has 3 aromatic rings. The summed E-state index contributed by atoms with van der Waals surface area (Å²) in [6.45, 7) is 2.59. The van der Waals surface area contributed by atoms with Gasteiger partial charge >= 0.3 is 0 Å². The number of ether oxygens (including phenoxy) is 2. The molecule has 5 heterocycles.